The molecule has 0 aliphatic carbocycles. The molecule has 0 aliphatic rings. The number of hydrogen-bond acceptors (Lipinski definition) is 4. The molecule has 1 aromatic heterocycles. The summed E-state index contributed by atoms with van der Waals surface area (Å²) in [6, 6.07) is 1.87. The van der Waals surface area contributed by atoms with Crippen molar-refractivity contribution in [1.29, 1.82) is 0 Å². The smallest absolute Gasteiger partial charge is 0.146 e. The zero-order valence-electron chi connectivity index (χ0n) is 7.41. The van der Waals surface area contributed by atoms with Crippen molar-refractivity contribution in [3.63, 3.8) is 0 Å². The van der Waals surface area contributed by atoms with Crippen molar-refractivity contribution in [1.82, 2.24) is 5.16 Å². The van der Waals surface area contributed by atoms with Gasteiger partial charge in [0.2, 0.25) is 0 Å². The SMILES string of the molecule is CC(C)(N)CSCc1ccno1. The minimum Gasteiger partial charge on any atom is -0.361 e. The van der Waals surface area contributed by atoms with Crippen molar-refractivity contribution >= 4 is 11.8 Å². The highest BCUT2D eigenvalue weighted by atomic mass is 32.2. The van der Waals surface area contributed by atoms with Gasteiger partial charge in [0.1, 0.15) is 5.76 Å². The topological polar surface area (TPSA) is 52.0 Å². The van der Waals surface area contributed by atoms with Gasteiger partial charge in [-0.25, -0.2) is 0 Å². The molecule has 0 saturated heterocycles. The van der Waals surface area contributed by atoms with E-state index >= 15 is 0 Å². The van der Waals surface area contributed by atoms with E-state index in [2.05, 4.69) is 5.16 Å². The van der Waals surface area contributed by atoms with Crippen LogP contribution >= 0.6 is 11.8 Å². The normalized spacial score (nSPS) is 11.9. The summed E-state index contributed by atoms with van der Waals surface area (Å²) < 4.78 is 4.94. The molecule has 0 bridgehead atoms. The molecule has 12 heavy (non-hydrogen) atoms. The van der Waals surface area contributed by atoms with Gasteiger partial charge in [-0.05, 0) is 13.8 Å². The van der Waals surface area contributed by atoms with Gasteiger partial charge in [-0.15, -0.1) is 0 Å². The van der Waals surface area contributed by atoms with Crippen LogP contribution in [0, 0.1) is 0 Å². The van der Waals surface area contributed by atoms with Gasteiger partial charge in [0.15, 0.2) is 0 Å². The second kappa shape index (κ2) is 3.96. The largest absolute Gasteiger partial charge is 0.361 e. The lowest BCUT2D eigenvalue weighted by Gasteiger charge is -2.16. The Hall–Kier alpha value is -0.480. The van der Waals surface area contributed by atoms with E-state index in [0.29, 0.717) is 0 Å². The van der Waals surface area contributed by atoms with E-state index in [1.54, 1.807) is 18.0 Å². The van der Waals surface area contributed by atoms with Crippen LogP contribution in [0.3, 0.4) is 0 Å². The first-order valence-electron chi connectivity index (χ1n) is 3.84. The minimum atomic E-state index is -0.106. The Balaban J connectivity index is 2.20. The van der Waals surface area contributed by atoms with E-state index in [4.69, 9.17) is 10.3 Å². The predicted molar refractivity (Wildman–Crippen MR) is 50.9 cm³/mol. The lowest BCUT2D eigenvalue weighted by Crippen LogP contribution is -2.34. The molecule has 0 spiro atoms. The van der Waals surface area contributed by atoms with E-state index in [0.717, 1.165) is 17.3 Å². The molecule has 3 nitrogen and oxygen atoms in total. The molecule has 0 aromatic carbocycles. The Bertz CT molecular complexity index is 215. The van der Waals surface area contributed by atoms with Gasteiger partial charge in [0.05, 0.1) is 11.9 Å². The molecule has 1 heterocycles. The molecule has 4 heteroatoms. The van der Waals surface area contributed by atoms with Crippen LogP contribution in [-0.4, -0.2) is 16.4 Å². The van der Waals surface area contributed by atoms with Crippen LogP contribution < -0.4 is 5.73 Å². The third-order valence-corrected chi connectivity index (χ3v) is 2.65. The lowest BCUT2D eigenvalue weighted by atomic mass is 10.1. The lowest BCUT2D eigenvalue weighted by molar-refractivity contribution is 0.395. The summed E-state index contributed by atoms with van der Waals surface area (Å²) >= 11 is 1.76. The van der Waals surface area contributed by atoms with Crippen LogP contribution in [0.15, 0.2) is 16.8 Å². The van der Waals surface area contributed by atoms with Gasteiger partial charge in [-0.2, -0.15) is 11.8 Å². The van der Waals surface area contributed by atoms with Gasteiger partial charge in [0, 0.05) is 17.4 Å². The van der Waals surface area contributed by atoms with Crippen molar-refractivity contribution in [2.45, 2.75) is 25.1 Å². The Kier molecular flexibility index (Phi) is 3.17. The molecule has 68 valence electrons. The van der Waals surface area contributed by atoms with E-state index in [9.17, 15) is 0 Å². The predicted octanol–water partition coefficient (Wildman–Crippen LogP) is 1.65. The summed E-state index contributed by atoms with van der Waals surface area (Å²) in [7, 11) is 0. The van der Waals surface area contributed by atoms with Crippen LogP contribution in [0.4, 0.5) is 0 Å². The molecule has 0 aliphatic heterocycles. The standard InChI is InChI=1S/C8H14N2OS/c1-8(2,9)6-12-5-7-3-4-10-11-7/h3-4H,5-6,9H2,1-2H3. The number of nitrogens with two attached hydrogens (primary N) is 1. The van der Waals surface area contributed by atoms with Crippen LogP contribution in [0.2, 0.25) is 0 Å². The summed E-state index contributed by atoms with van der Waals surface area (Å²) in [5.74, 6) is 2.68. The van der Waals surface area contributed by atoms with Gasteiger partial charge < -0.3 is 10.3 Å². The van der Waals surface area contributed by atoms with Crippen molar-refractivity contribution < 1.29 is 4.52 Å². The Morgan fingerprint density at radius 2 is 2.42 bits per heavy atom. The van der Waals surface area contributed by atoms with Gasteiger partial charge in [-0.1, -0.05) is 5.16 Å². The van der Waals surface area contributed by atoms with Crippen LogP contribution in [-0.2, 0) is 5.75 Å². The molecular formula is C8H14N2OS. The fourth-order valence-electron chi connectivity index (χ4n) is 0.731. The summed E-state index contributed by atoms with van der Waals surface area (Å²) in [6.07, 6.45) is 1.66. The molecule has 2 N–H and O–H groups in total. The third kappa shape index (κ3) is 3.78. The fraction of sp³-hybridized carbons (Fsp3) is 0.625. The highest BCUT2D eigenvalue weighted by Crippen LogP contribution is 2.15. The Labute approximate surface area is 76.7 Å². The number of thioether (sulfide) groups is 1. The Morgan fingerprint density at radius 3 is 2.92 bits per heavy atom. The highest BCUT2D eigenvalue weighted by Gasteiger charge is 2.10. The average molecular weight is 186 g/mol. The maximum Gasteiger partial charge on any atom is 0.146 e. The quantitative estimate of drug-likeness (QED) is 0.776. The first-order valence-corrected chi connectivity index (χ1v) is 4.99. The zero-order chi connectivity index (χ0) is 9.03. The van der Waals surface area contributed by atoms with Gasteiger partial charge in [0.25, 0.3) is 0 Å². The number of rotatable bonds is 4. The summed E-state index contributed by atoms with van der Waals surface area (Å²) in [5, 5.41) is 3.62. The van der Waals surface area contributed by atoms with Crippen LogP contribution in [0.1, 0.15) is 19.6 Å². The molecule has 0 saturated carbocycles. The maximum atomic E-state index is 5.81. The van der Waals surface area contributed by atoms with Crippen LogP contribution in [0.5, 0.6) is 0 Å². The van der Waals surface area contributed by atoms with Crippen molar-refractivity contribution in [3.8, 4) is 0 Å². The second-order valence-electron chi connectivity index (χ2n) is 3.46. The summed E-state index contributed by atoms with van der Waals surface area (Å²) in [4.78, 5) is 0. The molecule has 0 unspecified atom stereocenters. The first kappa shape index (κ1) is 9.61. The van der Waals surface area contributed by atoms with Gasteiger partial charge in [-0.3, -0.25) is 0 Å². The second-order valence-corrected chi connectivity index (χ2v) is 4.45. The van der Waals surface area contributed by atoms with E-state index in [1.165, 1.54) is 0 Å². The number of hydrogen-bond donors (Lipinski definition) is 1. The third-order valence-electron chi connectivity index (χ3n) is 1.21. The van der Waals surface area contributed by atoms with E-state index < -0.39 is 0 Å². The van der Waals surface area contributed by atoms with Crippen molar-refractivity contribution in [2.75, 3.05) is 5.75 Å². The summed E-state index contributed by atoms with van der Waals surface area (Å²) in [5.41, 5.74) is 5.70. The monoisotopic (exact) mass is 186 g/mol. The average Bonchev–Trinajstić information content (AvgIpc) is 2.36. The highest BCUT2D eigenvalue weighted by molar-refractivity contribution is 7.98. The van der Waals surface area contributed by atoms with E-state index in [-0.39, 0.29) is 5.54 Å². The van der Waals surface area contributed by atoms with Crippen molar-refractivity contribution in [2.24, 2.45) is 5.73 Å². The fourth-order valence-corrected chi connectivity index (χ4v) is 1.71. The molecule has 0 fully saturated rings. The molecule has 0 atom stereocenters. The van der Waals surface area contributed by atoms with Crippen LogP contribution in [0.25, 0.3) is 0 Å². The number of aromatic nitrogens is 1. The molecule has 0 radical (unpaired) electrons. The zero-order valence-corrected chi connectivity index (χ0v) is 8.23. The van der Waals surface area contributed by atoms with E-state index in [1.807, 2.05) is 19.9 Å². The van der Waals surface area contributed by atoms with Crippen molar-refractivity contribution in [3.05, 3.63) is 18.0 Å². The number of nitrogens with zero attached hydrogens (tertiary/aromatic N) is 1. The first-order chi connectivity index (χ1) is 5.58. The Morgan fingerprint density at radius 1 is 1.67 bits per heavy atom. The molecule has 1 aromatic rings. The molecule has 1 rings (SSSR count). The molecular weight excluding hydrogens is 172 g/mol. The molecule has 0 amide bonds. The minimum absolute atomic E-state index is 0.106. The van der Waals surface area contributed by atoms with Gasteiger partial charge >= 0.3 is 0 Å². The summed E-state index contributed by atoms with van der Waals surface area (Å²) in [6.45, 7) is 4.03. The maximum absolute atomic E-state index is 5.81.